The highest BCUT2D eigenvalue weighted by Gasteiger charge is 2.17. The Bertz CT molecular complexity index is 648. The number of hydrogen-bond acceptors (Lipinski definition) is 6. The second kappa shape index (κ2) is 12.4. The molecule has 0 spiro atoms. The van der Waals surface area contributed by atoms with E-state index in [0.717, 1.165) is 63.9 Å². The van der Waals surface area contributed by atoms with Gasteiger partial charge in [0.15, 0.2) is 17.5 Å². The first-order chi connectivity index (χ1) is 14.1. The summed E-state index contributed by atoms with van der Waals surface area (Å²) in [5.41, 5.74) is 1.05. The number of guanidine groups is 1. The zero-order chi connectivity index (χ0) is 21.1. The van der Waals surface area contributed by atoms with Gasteiger partial charge in [-0.1, -0.05) is 6.07 Å². The summed E-state index contributed by atoms with van der Waals surface area (Å²) in [7, 11) is 4.89. The molecule has 1 aliphatic heterocycles. The second-order valence-corrected chi connectivity index (χ2v) is 6.89. The van der Waals surface area contributed by atoms with Gasteiger partial charge < -0.3 is 29.6 Å². The van der Waals surface area contributed by atoms with E-state index in [1.807, 2.05) is 12.1 Å². The number of methoxy groups -OCH3 is 3. The first kappa shape index (κ1) is 23.1. The number of rotatable bonds is 10. The lowest BCUT2D eigenvalue weighted by molar-refractivity contribution is 0.0220. The van der Waals surface area contributed by atoms with Crippen LogP contribution >= 0.6 is 0 Å². The van der Waals surface area contributed by atoms with Crippen molar-refractivity contribution in [1.82, 2.24) is 15.5 Å². The lowest BCUT2D eigenvalue weighted by Crippen LogP contribution is -2.44. The first-order valence-electron chi connectivity index (χ1n) is 10.3. The molecule has 0 radical (unpaired) electrons. The van der Waals surface area contributed by atoms with Crippen molar-refractivity contribution < 1.29 is 18.9 Å². The predicted molar refractivity (Wildman–Crippen MR) is 116 cm³/mol. The minimum Gasteiger partial charge on any atom is -0.493 e. The van der Waals surface area contributed by atoms with Gasteiger partial charge in [-0.2, -0.15) is 0 Å². The van der Waals surface area contributed by atoms with Gasteiger partial charge in [-0.15, -0.1) is 0 Å². The maximum atomic E-state index is 5.57. The zero-order valence-corrected chi connectivity index (χ0v) is 18.4. The van der Waals surface area contributed by atoms with Gasteiger partial charge in [0.2, 0.25) is 5.75 Å². The average Bonchev–Trinajstić information content (AvgIpc) is 2.77. The van der Waals surface area contributed by atoms with Crippen LogP contribution < -0.4 is 24.8 Å². The Morgan fingerprint density at radius 2 is 1.83 bits per heavy atom. The van der Waals surface area contributed by atoms with Gasteiger partial charge in [0, 0.05) is 37.8 Å². The van der Waals surface area contributed by atoms with E-state index in [-0.39, 0.29) is 0 Å². The SMILES string of the molecule is CCNC(=NCC(C)N1CCOCC1)NCCc1ccc(OC)c(OC)c1OC. The van der Waals surface area contributed by atoms with Crippen molar-refractivity contribution in [2.45, 2.75) is 26.3 Å². The molecule has 1 heterocycles. The summed E-state index contributed by atoms with van der Waals surface area (Å²) in [6.07, 6.45) is 0.771. The number of aliphatic imine (C=N–C) groups is 1. The fourth-order valence-corrected chi connectivity index (χ4v) is 3.37. The maximum Gasteiger partial charge on any atom is 0.203 e. The van der Waals surface area contributed by atoms with Crippen molar-refractivity contribution in [2.75, 3.05) is 67.3 Å². The van der Waals surface area contributed by atoms with Crippen LogP contribution in [0.25, 0.3) is 0 Å². The number of nitrogens with one attached hydrogen (secondary N) is 2. The summed E-state index contributed by atoms with van der Waals surface area (Å²) in [4.78, 5) is 7.18. The van der Waals surface area contributed by atoms with Crippen molar-refractivity contribution in [1.29, 1.82) is 0 Å². The van der Waals surface area contributed by atoms with Crippen LogP contribution in [0.4, 0.5) is 0 Å². The average molecular weight is 409 g/mol. The Morgan fingerprint density at radius 1 is 1.10 bits per heavy atom. The van der Waals surface area contributed by atoms with Crippen molar-refractivity contribution in [3.63, 3.8) is 0 Å². The molecule has 1 unspecified atom stereocenters. The molecule has 1 aromatic carbocycles. The molecule has 29 heavy (non-hydrogen) atoms. The van der Waals surface area contributed by atoms with Gasteiger partial charge in [0.05, 0.1) is 41.1 Å². The molecule has 1 aromatic rings. The van der Waals surface area contributed by atoms with Gasteiger partial charge in [0.1, 0.15) is 0 Å². The predicted octanol–water partition coefficient (Wildman–Crippen LogP) is 1.53. The smallest absolute Gasteiger partial charge is 0.203 e. The van der Waals surface area contributed by atoms with Gasteiger partial charge in [0.25, 0.3) is 0 Å². The van der Waals surface area contributed by atoms with Crippen LogP contribution in [0.2, 0.25) is 0 Å². The molecule has 0 aliphatic carbocycles. The molecule has 164 valence electrons. The third-order valence-corrected chi connectivity index (χ3v) is 5.00. The molecular formula is C21H36N4O4. The first-order valence-corrected chi connectivity index (χ1v) is 10.3. The van der Waals surface area contributed by atoms with Crippen LogP contribution in [-0.2, 0) is 11.2 Å². The third-order valence-electron chi connectivity index (χ3n) is 5.00. The van der Waals surface area contributed by atoms with E-state index in [2.05, 4.69) is 29.4 Å². The Labute approximate surface area is 174 Å². The van der Waals surface area contributed by atoms with Crippen LogP contribution in [0.3, 0.4) is 0 Å². The van der Waals surface area contributed by atoms with Crippen LogP contribution in [0.1, 0.15) is 19.4 Å². The highest BCUT2D eigenvalue weighted by molar-refractivity contribution is 5.79. The molecule has 0 amide bonds. The fraction of sp³-hybridized carbons (Fsp3) is 0.667. The van der Waals surface area contributed by atoms with E-state index in [9.17, 15) is 0 Å². The number of hydrogen-bond donors (Lipinski definition) is 2. The summed E-state index contributed by atoms with van der Waals surface area (Å²) >= 11 is 0. The lowest BCUT2D eigenvalue weighted by atomic mass is 10.1. The van der Waals surface area contributed by atoms with E-state index >= 15 is 0 Å². The number of morpholine rings is 1. The standard InChI is InChI=1S/C21H36N4O4/c1-6-22-21(24-15-16(2)25-11-13-29-14-12-25)23-10-9-17-7-8-18(26-3)20(28-5)19(17)27-4/h7-8,16H,6,9-15H2,1-5H3,(H2,22,23,24). The fourth-order valence-electron chi connectivity index (χ4n) is 3.37. The largest absolute Gasteiger partial charge is 0.493 e. The quantitative estimate of drug-likeness (QED) is 0.449. The maximum absolute atomic E-state index is 5.57. The molecule has 2 N–H and O–H groups in total. The normalized spacial score (nSPS) is 16.2. The van der Waals surface area contributed by atoms with E-state index in [1.165, 1.54) is 0 Å². The molecule has 1 fully saturated rings. The van der Waals surface area contributed by atoms with E-state index < -0.39 is 0 Å². The molecule has 1 atom stereocenters. The van der Waals surface area contributed by atoms with Crippen LogP contribution in [-0.4, -0.2) is 84.2 Å². The Balaban J connectivity index is 1.95. The van der Waals surface area contributed by atoms with Crippen LogP contribution in [0, 0.1) is 0 Å². The van der Waals surface area contributed by atoms with E-state index in [1.54, 1.807) is 21.3 Å². The third kappa shape index (κ3) is 6.68. The number of benzene rings is 1. The molecule has 8 heteroatoms. The zero-order valence-electron chi connectivity index (χ0n) is 18.4. The molecule has 0 aromatic heterocycles. The topological polar surface area (TPSA) is 76.6 Å². The molecule has 2 rings (SSSR count). The molecular weight excluding hydrogens is 372 g/mol. The summed E-state index contributed by atoms with van der Waals surface area (Å²) < 4.78 is 21.8. The van der Waals surface area contributed by atoms with Crippen LogP contribution in [0.15, 0.2) is 17.1 Å². The van der Waals surface area contributed by atoms with Gasteiger partial charge in [-0.25, -0.2) is 0 Å². The Morgan fingerprint density at radius 3 is 2.45 bits per heavy atom. The summed E-state index contributed by atoms with van der Waals surface area (Å²) in [5.74, 6) is 2.81. The van der Waals surface area contributed by atoms with Crippen molar-refractivity contribution >= 4 is 5.96 Å². The number of ether oxygens (including phenoxy) is 4. The van der Waals surface area contributed by atoms with E-state index in [0.29, 0.717) is 23.3 Å². The molecule has 0 bridgehead atoms. The van der Waals surface area contributed by atoms with Crippen molar-refractivity contribution in [3.05, 3.63) is 17.7 Å². The van der Waals surface area contributed by atoms with Gasteiger partial charge >= 0.3 is 0 Å². The summed E-state index contributed by atoms with van der Waals surface area (Å²) in [5, 5.41) is 6.73. The molecule has 1 aliphatic rings. The monoisotopic (exact) mass is 408 g/mol. The van der Waals surface area contributed by atoms with Crippen molar-refractivity contribution in [2.24, 2.45) is 4.99 Å². The van der Waals surface area contributed by atoms with Crippen molar-refractivity contribution in [3.8, 4) is 17.2 Å². The Kier molecular flexibility index (Phi) is 9.87. The lowest BCUT2D eigenvalue weighted by Gasteiger charge is -2.31. The van der Waals surface area contributed by atoms with E-state index in [4.69, 9.17) is 23.9 Å². The minimum atomic E-state index is 0.389. The Hall–Kier alpha value is -2.19. The summed E-state index contributed by atoms with van der Waals surface area (Å²) in [6, 6.07) is 4.30. The van der Waals surface area contributed by atoms with Crippen LogP contribution in [0.5, 0.6) is 17.2 Å². The molecule has 1 saturated heterocycles. The van der Waals surface area contributed by atoms with Gasteiger partial charge in [-0.05, 0) is 26.3 Å². The highest BCUT2D eigenvalue weighted by Crippen LogP contribution is 2.39. The molecule has 0 saturated carbocycles. The highest BCUT2D eigenvalue weighted by atomic mass is 16.5. The summed E-state index contributed by atoms with van der Waals surface area (Å²) in [6.45, 7) is 10.1. The van der Waals surface area contributed by atoms with Gasteiger partial charge in [-0.3, -0.25) is 9.89 Å². The second-order valence-electron chi connectivity index (χ2n) is 6.89. The number of nitrogens with zero attached hydrogens (tertiary/aromatic N) is 2. The molecule has 8 nitrogen and oxygen atoms in total. The minimum absolute atomic E-state index is 0.389.